The average Bonchev–Trinajstić information content (AvgIpc) is 2.24. The second-order valence-electron chi connectivity index (χ2n) is 4.86. The van der Waals surface area contributed by atoms with Gasteiger partial charge in [-0.15, -0.1) is 0 Å². The van der Waals surface area contributed by atoms with Crippen molar-refractivity contribution in [2.24, 2.45) is 5.92 Å². The van der Waals surface area contributed by atoms with Crippen LogP contribution in [0.1, 0.15) is 19.4 Å². The Morgan fingerprint density at radius 1 is 1.47 bits per heavy atom. The van der Waals surface area contributed by atoms with E-state index in [1.807, 2.05) is 30.9 Å². The second kappa shape index (κ2) is 4.21. The highest BCUT2D eigenvalue weighted by molar-refractivity contribution is 6.32. The summed E-state index contributed by atoms with van der Waals surface area (Å²) < 4.78 is 0. The minimum atomic E-state index is -0.644. The SMILES string of the molecule is CC(C)C1(O)CN(c2cccc(Cl)c2C#N)C1. The van der Waals surface area contributed by atoms with Crippen molar-refractivity contribution < 1.29 is 5.11 Å². The molecule has 4 heteroatoms. The number of benzene rings is 1. The molecule has 0 bridgehead atoms. The molecule has 1 aliphatic rings. The molecule has 0 spiro atoms. The van der Waals surface area contributed by atoms with Crippen molar-refractivity contribution in [3.05, 3.63) is 28.8 Å². The molecule has 0 saturated carbocycles. The first-order chi connectivity index (χ1) is 7.98. The van der Waals surface area contributed by atoms with Crippen LogP contribution in [-0.2, 0) is 0 Å². The number of hydrogen-bond donors (Lipinski definition) is 1. The second-order valence-corrected chi connectivity index (χ2v) is 5.27. The molecule has 2 rings (SSSR count). The zero-order valence-electron chi connectivity index (χ0n) is 9.94. The Hall–Kier alpha value is -1.24. The lowest BCUT2D eigenvalue weighted by molar-refractivity contribution is -0.0300. The van der Waals surface area contributed by atoms with E-state index < -0.39 is 5.60 Å². The molecule has 1 heterocycles. The topological polar surface area (TPSA) is 47.3 Å². The monoisotopic (exact) mass is 250 g/mol. The summed E-state index contributed by atoms with van der Waals surface area (Å²) >= 11 is 5.98. The van der Waals surface area contributed by atoms with Gasteiger partial charge in [0.25, 0.3) is 0 Å². The number of nitriles is 1. The Morgan fingerprint density at radius 3 is 2.65 bits per heavy atom. The zero-order chi connectivity index (χ0) is 12.6. The summed E-state index contributed by atoms with van der Waals surface area (Å²) in [5, 5.41) is 19.7. The van der Waals surface area contributed by atoms with Gasteiger partial charge in [0.15, 0.2) is 0 Å². The van der Waals surface area contributed by atoms with Crippen molar-refractivity contribution in [3.63, 3.8) is 0 Å². The summed E-state index contributed by atoms with van der Waals surface area (Å²) in [7, 11) is 0. The molecule has 0 aromatic heterocycles. The third kappa shape index (κ3) is 1.99. The highest BCUT2D eigenvalue weighted by Gasteiger charge is 2.44. The largest absolute Gasteiger partial charge is 0.386 e. The molecule has 17 heavy (non-hydrogen) atoms. The van der Waals surface area contributed by atoms with E-state index >= 15 is 0 Å². The highest BCUT2D eigenvalue weighted by atomic mass is 35.5. The molecule has 0 radical (unpaired) electrons. The van der Waals surface area contributed by atoms with Gasteiger partial charge >= 0.3 is 0 Å². The van der Waals surface area contributed by atoms with Crippen molar-refractivity contribution in [3.8, 4) is 6.07 Å². The molecule has 1 aromatic carbocycles. The maximum atomic E-state index is 10.2. The predicted octanol–water partition coefficient (Wildman–Crippen LogP) is 2.42. The van der Waals surface area contributed by atoms with Crippen LogP contribution in [0.5, 0.6) is 0 Å². The molecule has 3 nitrogen and oxygen atoms in total. The molecule has 1 saturated heterocycles. The van der Waals surface area contributed by atoms with Gasteiger partial charge in [0.05, 0.1) is 16.3 Å². The van der Waals surface area contributed by atoms with E-state index in [4.69, 9.17) is 16.9 Å². The van der Waals surface area contributed by atoms with Crippen LogP contribution >= 0.6 is 11.6 Å². The Morgan fingerprint density at radius 2 is 2.12 bits per heavy atom. The number of halogens is 1. The van der Waals surface area contributed by atoms with Gasteiger partial charge in [0, 0.05) is 13.1 Å². The number of anilines is 1. The number of aliphatic hydroxyl groups is 1. The molecule has 90 valence electrons. The molecule has 0 atom stereocenters. The molecule has 0 amide bonds. The van der Waals surface area contributed by atoms with Gasteiger partial charge in [-0.25, -0.2) is 0 Å². The molecule has 1 fully saturated rings. The van der Waals surface area contributed by atoms with Gasteiger partial charge in [-0.3, -0.25) is 0 Å². The van der Waals surface area contributed by atoms with E-state index in [-0.39, 0.29) is 5.92 Å². The summed E-state index contributed by atoms with van der Waals surface area (Å²) in [6.07, 6.45) is 0. The van der Waals surface area contributed by atoms with Crippen LogP contribution in [0.25, 0.3) is 0 Å². The van der Waals surface area contributed by atoms with Crippen LogP contribution in [0.3, 0.4) is 0 Å². The molecular weight excluding hydrogens is 236 g/mol. The smallest absolute Gasteiger partial charge is 0.103 e. The first-order valence-electron chi connectivity index (χ1n) is 5.64. The van der Waals surface area contributed by atoms with Gasteiger partial charge in [0.1, 0.15) is 11.7 Å². The van der Waals surface area contributed by atoms with Crippen LogP contribution in [-0.4, -0.2) is 23.8 Å². The van der Waals surface area contributed by atoms with E-state index in [1.165, 1.54) is 0 Å². The lowest BCUT2D eigenvalue weighted by atomic mass is 9.82. The third-order valence-corrected chi connectivity index (χ3v) is 3.76. The minimum Gasteiger partial charge on any atom is -0.386 e. The molecule has 1 aromatic rings. The van der Waals surface area contributed by atoms with E-state index in [0.717, 1.165) is 5.69 Å². The number of rotatable bonds is 2. The number of nitrogens with zero attached hydrogens (tertiary/aromatic N) is 2. The van der Waals surface area contributed by atoms with Gasteiger partial charge < -0.3 is 10.0 Å². The third-order valence-electron chi connectivity index (χ3n) is 3.45. The van der Waals surface area contributed by atoms with E-state index in [2.05, 4.69) is 6.07 Å². The number of hydrogen-bond acceptors (Lipinski definition) is 3. The van der Waals surface area contributed by atoms with Crippen molar-refractivity contribution in [2.75, 3.05) is 18.0 Å². The summed E-state index contributed by atoms with van der Waals surface area (Å²) in [6.45, 7) is 5.11. The lowest BCUT2D eigenvalue weighted by Gasteiger charge is -2.50. The summed E-state index contributed by atoms with van der Waals surface area (Å²) in [5.41, 5.74) is 0.653. The first-order valence-corrected chi connectivity index (χ1v) is 6.01. The summed E-state index contributed by atoms with van der Waals surface area (Å²) in [6, 6.07) is 7.51. The van der Waals surface area contributed by atoms with Crippen molar-refractivity contribution in [1.82, 2.24) is 0 Å². The maximum Gasteiger partial charge on any atom is 0.103 e. The van der Waals surface area contributed by atoms with Crippen LogP contribution < -0.4 is 4.90 Å². The Bertz CT molecular complexity index is 473. The predicted molar refractivity (Wildman–Crippen MR) is 68.2 cm³/mol. The molecule has 0 unspecified atom stereocenters. The van der Waals surface area contributed by atoms with E-state index in [0.29, 0.717) is 23.7 Å². The Kier molecular flexibility index (Phi) is 3.03. The van der Waals surface area contributed by atoms with Crippen molar-refractivity contribution in [1.29, 1.82) is 5.26 Å². The lowest BCUT2D eigenvalue weighted by Crippen LogP contribution is -2.64. The van der Waals surface area contributed by atoms with Gasteiger partial charge in [-0.1, -0.05) is 31.5 Å². The van der Waals surface area contributed by atoms with Crippen LogP contribution in [0.4, 0.5) is 5.69 Å². The van der Waals surface area contributed by atoms with Gasteiger partial charge in [0.2, 0.25) is 0 Å². The fourth-order valence-corrected chi connectivity index (χ4v) is 2.25. The highest BCUT2D eigenvalue weighted by Crippen LogP contribution is 2.36. The van der Waals surface area contributed by atoms with Crippen LogP contribution in [0.2, 0.25) is 5.02 Å². The Balaban J connectivity index is 2.23. The fraction of sp³-hybridized carbons (Fsp3) is 0.462. The summed E-state index contributed by atoms with van der Waals surface area (Å²) in [5.74, 6) is 0.212. The molecule has 0 aliphatic carbocycles. The zero-order valence-corrected chi connectivity index (χ0v) is 10.7. The van der Waals surface area contributed by atoms with Crippen LogP contribution in [0, 0.1) is 17.2 Å². The van der Waals surface area contributed by atoms with E-state index in [1.54, 1.807) is 6.07 Å². The first kappa shape index (κ1) is 12.2. The molecule has 1 N–H and O–H groups in total. The maximum absolute atomic E-state index is 10.2. The fourth-order valence-electron chi connectivity index (χ4n) is 2.04. The van der Waals surface area contributed by atoms with Crippen LogP contribution in [0.15, 0.2) is 18.2 Å². The van der Waals surface area contributed by atoms with Gasteiger partial charge in [-0.2, -0.15) is 5.26 Å². The molecule has 1 aliphatic heterocycles. The quantitative estimate of drug-likeness (QED) is 0.877. The minimum absolute atomic E-state index is 0.212. The van der Waals surface area contributed by atoms with Crippen molar-refractivity contribution >= 4 is 17.3 Å². The standard InChI is InChI=1S/C13H15ClN2O/c1-9(2)13(17)7-16(8-13)12-5-3-4-11(14)10(12)6-15/h3-5,9,17H,7-8H2,1-2H3. The number of β-amino-alcohol motifs (C(OH)–C–C–N with tert-alkyl or cyclic N) is 1. The average molecular weight is 251 g/mol. The Labute approximate surface area is 106 Å². The van der Waals surface area contributed by atoms with E-state index in [9.17, 15) is 5.11 Å². The molecular formula is C13H15ClN2O. The summed E-state index contributed by atoms with van der Waals surface area (Å²) in [4.78, 5) is 1.99. The van der Waals surface area contributed by atoms with Crippen molar-refractivity contribution in [2.45, 2.75) is 19.4 Å². The normalized spacial score (nSPS) is 17.8. The van der Waals surface area contributed by atoms with Gasteiger partial charge in [-0.05, 0) is 18.1 Å².